The van der Waals surface area contributed by atoms with Gasteiger partial charge in [0.2, 0.25) is 0 Å². The normalized spacial score (nSPS) is 15.0. The first kappa shape index (κ1) is 10.9. The molecule has 3 heteroatoms. The van der Waals surface area contributed by atoms with Crippen molar-refractivity contribution in [1.29, 1.82) is 0 Å². The molecule has 0 saturated heterocycles. The lowest BCUT2D eigenvalue weighted by Crippen LogP contribution is -2.41. The van der Waals surface area contributed by atoms with E-state index < -0.39 is 11.7 Å². The Morgan fingerprint density at radius 3 is 2.36 bits per heavy atom. The zero-order valence-electron chi connectivity index (χ0n) is 7.50. The molecule has 1 unspecified atom stereocenters. The Hall–Kier alpha value is -0.120. The highest BCUT2D eigenvalue weighted by molar-refractivity contribution is 4.77. The molecule has 0 bridgehead atoms. The van der Waals surface area contributed by atoms with Gasteiger partial charge < -0.3 is 14.9 Å². The topological polar surface area (TPSA) is 49.7 Å². The van der Waals surface area contributed by atoms with Crippen LogP contribution in [0.3, 0.4) is 0 Å². The number of aliphatic hydroxyl groups excluding tert-OH is 2. The molecule has 0 fully saturated rings. The standard InChI is InChI=1S/C8H18O3/c1-4-5-11-8(2,3)7(10)6-9/h7,9-10H,4-6H2,1-3H3. The van der Waals surface area contributed by atoms with Crippen LogP contribution in [0.2, 0.25) is 0 Å². The summed E-state index contributed by atoms with van der Waals surface area (Å²) in [5.41, 5.74) is -0.634. The summed E-state index contributed by atoms with van der Waals surface area (Å²) in [6.45, 7) is 5.90. The van der Waals surface area contributed by atoms with Crippen molar-refractivity contribution in [3.05, 3.63) is 0 Å². The first-order chi connectivity index (χ1) is 5.04. The second-order valence-electron chi connectivity index (χ2n) is 3.15. The van der Waals surface area contributed by atoms with E-state index in [0.717, 1.165) is 6.42 Å². The highest BCUT2D eigenvalue weighted by Gasteiger charge is 2.27. The maximum absolute atomic E-state index is 9.24. The summed E-state index contributed by atoms with van der Waals surface area (Å²) in [5.74, 6) is 0. The van der Waals surface area contributed by atoms with Crippen molar-refractivity contribution in [2.45, 2.75) is 38.9 Å². The Labute approximate surface area is 68.0 Å². The third kappa shape index (κ3) is 3.70. The van der Waals surface area contributed by atoms with E-state index in [4.69, 9.17) is 9.84 Å². The Morgan fingerprint density at radius 1 is 1.45 bits per heavy atom. The zero-order chi connectivity index (χ0) is 8.91. The molecule has 0 aromatic carbocycles. The second-order valence-corrected chi connectivity index (χ2v) is 3.15. The van der Waals surface area contributed by atoms with E-state index in [1.54, 1.807) is 13.8 Å². The average Bonchev–Trinajstić information content (AvgIpc) is 1.99. The predicted octanol–water partition coefficient (Wildman–Crippen LogP) is 0.545. The van der Waals surface area contributed by atoms with Crippen LogP contribution in [0, 0.1) is 0 Å². The molecule has 0 rings (SSSR count). The molecule has 0 aliphatic rings. The lowest BCUT2D eigenvalue weighted by molar-refractivity contribution is -0.115. The van der Waals surface area contributed by atoms with Gasteiger partial charge in [-0.3, -0.25) is 0 Å². The summed E-state index contributed by atoms with van der Waals surface area (Å²) in [6.07, 6.45) is 0.121. The lowest BCUT2D eigenvalue weighted by Gasteiger charge is -2.29. The number of aliphatic hydroxyl groups is 2. The van der Waals surface area contributed by atoms with Crippen LogP contribution >= 0.6 is 0 Å². The fourth-order valence-corrected chi connectivity index (χ4v) is 0.681. The van der Waals surface area contributed by atoms with Crippen molar-refractivity contribution in [1.82, 2.24) is 0 Å². The molecule has 0 heterocycles. The highest BCUT2D eigenvalue weighted by atomic mass is 16.5. The Balaban J connectivity index is 3.77. The minimum absolute atomic E-state index is 0.253. The van der Waals surface area contributed by atoms with Crippen LogP contribution in [0.4, 0.5) is 0 Å². The Bertz CT molecular complexity index is 102. The van der Waals surface area contributed by atoms with E-state index in [1.807, 2.05) is 6.92 Å². The Kier molecular flexibility index (Phi) is 4.65. The van der Waals surface area contributed by atoms with Gasteiger partial charge in [-0.25, -0.2) is 0 Å². The summed E-state index contributed by atoms with van der Waals surface area (Å²) < 4.78 is 5.32. The van der Waals surface area contributed by atoms with Crippen LogP contribution in [0.1, 0.15) is 27.2 Å². The van der Waals surface area contributed by atoms with Gasteiger partial charge in [-0.2, -0.15) is 0 Å². The van der Waals surface area contributed by atoms with Crippen molar-refractivity contribution in [3.8, 4) is 0 Å². The first-order valence-corrected chi connectivity index (χ1v) is 3.97. The van der Waals surface area contributed by atoms with Crippen molar-refractivity contribution in [2.24, 2.45) is 0 Å². The largest absolute Gasteiger partial charge is 0.394 e. The van der Waals surface area contributed by atoms with Crippen LogP contribution in [0.25, 0.3) is 0 Å². The van der Waals surface area contributed by atoms with Gasteiger partial charge in [-0.1, -0.05) is 6.92 Å². The van der Waals surface area contributed by atoms with Crippen LogP contribution < -0.4 is 0 Å². The molecule has 0 amide bonds. The van der Waals surface area contributed by atoms with Crippen molar-refractivity contribution in [2.75, 3.05) is 13.2 Å². The summed E-state index contributed by atoms with van der Waals surface area (Å²) in [7, 11) is 0. The molecular weight excluding hydrogens is 144 g/mol. The van der Waals surface area contributed by atoms with E-state index >= 15 is 0 Å². The number of ether oxygens (including phenoxy) is 1. The maximum atomic E-state index is 9.24. The van der Waals surface area contributed by atoms with Gasteiger partial charge in [0.25, 0.3) is 0 Å². The number of hydrogen-bond donors (Lipinski definition) is 2. The summed E-state index contributed by atoms with van der Waals surface area (Å²) >= 11 is 0. The molecule has 0 radical (unpaired) electrons. The molecule has 0 aromatic heterocycles. The maximum Gasteiger partial charge on any atom is 0.105 e. The lowest BCUT2D eigenvalue weighted by atomic mass is 10.0. The van der Waals surface area contributed by atoms with Crippen LogP contribution in [0.5, 0.6) is 0 Å². The molecule has 0 spiro atoms. The SMILES string of the molecule is CCCOC(C)(C)C(O)CO. The third-order valence-electron chi connectivity index (χ3n) is 1.65. The first-order valence-electron chi connectivity index (χ1n) is 3.97. The van der Waals surface area contributed by atoms with Gasteiger partial charge in [-0.15, -0.1) is 0 Å². The van der Waals surface area contributed by atoms with E-state index in [9.17, 15) is 5.11 Å². The van der Waals surface area contributed by atoms with Crippen LogP contribution in [-0.2, 0) is 4.74 Å². The summed E-state index contributed by atoms with van der Waals surface area (Å²) in [6, 6.07) is 0. The molecule has 0 saturated carbocycles. The average molecular weight is 162 g/mol. The van der Waals surface area contributed by atoms with E-state index in [2.05, 4.69) is 0 Å². The molecule has 68 valence electrons. The minimum Gasteiger partial charge on any atom is -0.394 e. The van der Waals surface area contributed by atoms with Gasteiger partial charge >= 0.3 is 0 Å². The molecule has 0 aromatic rings. The van der Waals surface area contributed by atoms with Crippen LogP contribution in [-0.4, -0.2) is 35.1 Å². The van der Waals surface area contributed by atoms with E-state index in [0.29, 0.717) is 6.61 Å². The summed E-state index contributed by atoms with van der Waals surface area (Å²) in [4.78, 5) is 0. The second kappa shape index (κ2) is 4.70. The third-order valence-corrected chi connectivity index (χ3v) is 1.65. The van der Waals surface area contributed by atoms with Gasteiger partial charge in [0.1, 0.15) is 6.10 Å². The van der Waals surface area contributed by atoms with Gasteiger partial charge in [0.05, 0.1) is 12.2 Å². The molecule has 1 atom stereocenters. The van der Waals surface area contributed by atoms with Crippen molar-refractivity contribution < 1.29 is 14.9 Å². The molecule has 11 heavy (non-hydrogen) atoms. The van der Waals surface area contributed by atoms with Gasteiger partial charge in [0.15, 0.2) is 0 Å². The minimum atomic E-state index is -0.797. The number of rotatable bonds is 5. The molecule has 0 aliphatic heterocycles. The fourth-order valence-electron chi connectivity index (χ4n) is 0.681. The van der Waals surface area contributed by atoms with Gasteiger partial charge in [0, 0.05) is 6.61 Å². The van der Waals surface area contributed by atoms with Crippen molar-refractivity contribution in [3.63, 3.8) is 0 Å². The monoisotopic (exact) mass is 162 g/mol. The number of hydrogen-bond acceptors (Lipinski definition) is 3. The molecule has 0 aliphatic carbocycles. The highest BCUT2D eigenvalue weighted by Crippen LogP contribution is 2.14. The van der Waals surface area contributed by atoms with E-state index in [-0.39, 0.29) is 6.61 Å². The summed E-state index contributed by atoms with van der Waals surface area (Å²) in [5, 5.41) is 17.9. The van der Waals surface area contributed by atoms with Gasteiger partial charge in [-0.05, 0) is 20.3 Å². The quantitative estimate of drug-likeness (QED) is 0.620. The zero-order valence-corrected chi connectivity index (χ0v) is 7.50. The predicted molar refractivity (Wildman–Crippen MR) is 43.4 cm³/mol. The molecule has 3 nitrogen and oxygen atoms in total. The molecule has 2 N–H and O–H groups in total. The smallest absolute Gasteiger partial charge is 0.105 e. The molecular formula is C8H18O3. The van der Waals surface area contributed by atoms with Crippen molar-refractivity contribution >= 4 is 0 Å². The van der Waals surface area contributed by atoms with Crippen LogP contribution in [0.15, 0.2) is 0 Å². The van der Waals surface area contributed by atoms with E-state index in [1.165, 1.54) is 0 Å². The fraction of sp³-hybridized carbons (Fsp3) is 1.00. The Morgan fingerprint density at radius 2 is 2.00 bits per heavy atom.